The Hall–Kier alpha value is -0.795. The quantitative estimate of drug-likeness (QED) is 0.618. The van der Waals surface area contributed by atoms with Crippen LogP contribution >= 0.6 is 0 Å². The van der Waals surface area contributed by atoms with Gasteiger partial charge >= 0.3 is 0 Å². The summed E-state index contributed by atoms with van der Waals surface area (Å²) < 4.78 is 0. The summed E-state index contributed by atoms with van der Waals surface area (Å²) in [7, 11) is 5.15. The largest absolute Gasteiger partial charge is 0.365 e. The molecule has 3 N–H and O–H groups in total. The lowest BCUT2D eigenvalue weighted by molar-refractivity contribution is 0.654. The predicted molar refractivity (Wildman–Crippen MR) is 51.9 cm³/mol. The number of hydrogen-bond donors (Lipinski definition) is 2. The van der Waals surface area contributed by atoms with Gasteiger partial charge in [0.1, 0.15) is 0 Å². The van der Waals surface area contributed by atoms with Crippen molar-refractivity contribution in [1.29, 1.82) is 0 Å². The molecule has 2 nitrogen and oxygen atoms in total. The van der Waals surface area contributed by atoms with Crippen molar-refractivity contribution in [2.24, 2.45) is 5.73 Å². The van der Waals surface area contributed by atoms with Crippen molar-refractivity contribution in [2.45, 2.75) is 12.5 Å². The summed E-state index contributed by atoms with van der Waals surface area (Å²) in [5, 5.41) is 2.56. The van der Waals surface area contributed by atoms with E-state index < -0.39 is 0 Å². The number of nitrogens with two attached hydrogens (primary N) is 1. The lowest BCUT2D eigenvalue weighted by Crippen LogP contribution is -2.34. The van der Waals surface area contributed by atoms with Crippen LogP contribution in [0.3, 0.4) is 0 Å². The molecule has 12 heavy (non-hydrogen) atoms. The van der Waals surface area contributed by atoms with Crippen LogP contribution in [0.15, 0.2) is 30.3 Å². The molecule has 1 rings (SSSR count). The van der Waals surface area contributed by atoms with E-state index >= 15 is 0 Å². The van der Waals surface area contributed by atoms with E-state index in [2.05, 4.69) is 17.4 Å². The van der Waals surface area contributed by atoms with E-state index in [9.17, 15) is 0 Å². The van der Waals surface area contributed by atoms with Crippen molar-refractivity contribution in [3.63, 3.8) is 0 Å². The second kappa shape index (κ2) is 4.96. The van der Waals surface area contributed by atoms with Crippen molar-refractivity contribution in [1.82, 2.24) is 5.23 Å². The highest BCUT2D eigenvalue weighted by Crippen LogP contribution is 2.00. The third-order valence-corrected chi connectivity index (χ3v) is 1.72. The van der Waals surface area contributed by atoms with E-state index in [0.717, 1.165) is 6.42 Å². The maximum atomic E-state index is 5.77. The van der Waals surface area contributed by atoms with Gasteiger partial charge in [-0.05, 0) is 18.5 Å². The summed E-state index contributed by atoms with van der Waals surface area (Å²) >= 11 is 0. The van der Waals surface area contributed by atoms with Gasteiger partial charge in [0.15, 0.2) is 7.98 Å². The molecule has 3 heteroatoms. The predicted octanol–water partition coefficient (Wildman–Crippen LogP) is 0.230. The molecule has 0 amide bonds. The van der Waals surface area contributed by atoms with Crippen LogP contribution in [0.1, 0.15) is 5.56 Å². The van der Waals surface area contributed by atoms with E-state index in [1.165, 1.54) is 5.56 Å². The summed E-state index contributed by atoms with van der Waals surface area (Å²) in [4.78, 5) is 0. The fraction of sp³-hybridized carbons (Fsp3) is 0.333. The van der Waals surface area contributed by atoms with Crippen LogP contribution < -0.4 is 11.0 Å². The Kier molecular flexibility index (Phi) is 3.84. The molecule has 0 saturated heterocycles. The van der Waals surface area contributed by atoms with Gasteiger partial charge in [-0.2, -0.15) is 0 Å². The molecule has 2 radical (unpaired) electrons. The van der Waals surface area contributed by atoms with Gasteiger partial charge < -0.3 is 11.0 Å². The fourth-order valence-electron chi connectivity index (χ4n) is 1.14. The zero-order valence-corrected chi connectivity index (χ0v) is 7.03. The molecule has 1 aromatic carbocycles. The minimum absolute atomic E-state index is 0.0948. The van der Waals surface area contributed by atoms with Crippen molar-refractivity contribution >= 4 is 7.98 Å². The molecule has 0 aliphatic heterocycles. The Morgan fingerprint density at radius 3 is 2.58 bits per heavy atom. The molecule has 62 valence electrons. The van der Waals surface area contributed by atoms with Gasteiger partial charge in [0.05, 0.1) is 0 Å². The molecule has 1 atom stereocenters. The van der Waals surface area contributed by atoms with Gasteiger partial charge in [0, 0.05) is 6.04 Å². The Morgan fingerprint density at radius 2 is 2.00 bits per heavy atom. The second-order valence-electron chi connectivity index (χ2n) is 2.86. The van der Waals surface area contributed by atoms with Crippen LogP contribution in [0.2, 0.25) is 0 Å². The number of rotatable bonds is 4. The highest BCUT2D eigenvalue weighted by Gasteiger charge is 2.00. The summed E-state index contributed by atoms with van der Waals surface area (Å²) in [5.41, 5.74) is 7.02. The lowest BCUT2D eigenvalue weighted by Gasteiger charge is -2.10. The Labute approximate surface area is 74.6 Å². The third-order valence-electron chi connectivity index (χ3n) is 1.72. The standard InChI is InChI=1S/C9H13BN2/c10-12-7-9(11)6-8-4-2-1-3-5-8/h1-5,9,12H,6-7,11H2. The molecule has 0 spiro atoms. The van der Waals surface area contributed by atoms with E-state index in [1.807, 2.05) is 18.2 Å². The first-order chi connectivity index (χ1) is 5.83. The van der Waals surface area contributed by atoms with Crippen molar-refractivity contribution in [2.75, 3.05) is 6.54 Å². The third kappa shape index (κ3) is 3.07. The molecule has 0 aliphatic carbocycles. The van der Waals surface area contributed by atoms with E-state index in [1.54, 1.807) is 0 Å². The Morgan fingerprint density at radius 1 is 1.33 bits per heavy atom. The smallest absolute Gasteiger partial charge is 0.177 e. The first-order valence-electron chi connectivity index (χ1n) is 4.06. The average molecular weight is 160 g/mol. The molecular formula is C9H13BN2. The van der Waals surface area contributed by atoms with Crippen LogP contribution in [0.5, 0.6) is 0 Å². The fourth-order valence-corrected chi connectivity index (χ4v) is 1.14. The van der Waals surface area contributed by atoms with E-state index in [0.29, 0.717) is 6.54 Å². The number of benzene rings is 1. The van der Waals surface area contributed by atoms with Gasteiger partial charge in [-0.15, -0.1) is 0 Å². The summed E-state index contributed by atoms with van der Waals surface area (Å²) in [6, 6.07) is 10.2. The molecule has 1 unspecified atom stereocenters. The van der Waals surface area contributed by atoms with E-state index in [4.69, 9.17) is 13.7 Å². The molecule has 0 saturated carbocycles. The Bertz CT molecular complexity index is 213. The maximum Gasteiger partial charge on any atom is 0.177 e. The zero-order valence-electron chi connectivity index (χ0n) is 7.03. The summed E-state index contributed by atoms with van der Waals surface area (Å²) in [6.45, 7) is 0.648. The lowest BCUT2D eigenvalue weighted by atomic mass is 10.1. The van der Waals surface area contributed by atoms with Crippen molar-refractivity contribution in [3.05, 3.63) is 35.9 Å². The SMILES string of the molecule is [B]NCC(N)Cc1ccccc1. The maximum absolute atomic E-state index is 5.77. The van der Waals surface area contributed by atoms with Gasteiger partial charge in [-0.25, -0.2) is 0 Å². The second-order valence-corrected chi connectivity index (χ2v) is 2.86. The minimum Gasteiger partial charge on any atom is -0.365 e. The van der Waals surface area contributed by atoms with Gasteiger partial charge in [-0.3, -0.25) is 0 Å². The van der Waals surface area contributed by atoms with Crippen LogP contribution in [0.25, 0.3) is 0 Å². The zero-order chi connectivity index (χ0) is 8.81. The van der Waals surface area contributed by atoms with E-state index in [-0.39, 0.29) is 6.04 Å². The van der Waals surface area contributed by atoms with Crippen LogP contribution in [-0.4, -0.2) is 20.6 Å². The summed E-state index contributed by atoms with van der Waals surface area (Å²) in [6.07, 6.45) is 0.866. The highest BCUT2D eigenvalue weighted by atomic mass is 14.8. The molecule has 0 fully saturated rings. The first kappa shape index (κ1) is 9.29. The monoisotopic (exact) mass is 160 g/mol. The van der Waals surface area contributed by atoms with Crippen LogP contribution in [0, 0.1) is 0 Å². The van der Waals surface area contributed by atoms with Crippen molar-refractivity contribution < 1.29 is 0 Å². The van der Waals surface area contributed by atoms with Gasteiger partial charge in [0.25, 0.3) is 0 Å². The molecule has 0 aromatic heterocycles. The topological polar surface area (TPSA) is 38.0 Å². The normalized spacial score (nSPS) is 12.8. The van der Waals surface area contributed by atoms with Crippen molar-refractivity contribution in [3.8, 4) is 0 Å². The van der Waals surface area contributed by atoms with Gasteiger partial charge in [-0.1, -0.05) is 30.3 Å². The van der Waals surface area contributed by atoms with Crippen LogP contribution in [0.4, 0.5) is 0 Å². The van der Waals surface area contributed by atoms with Gasteiger partial charge in [0.2, 0.25) is 0 Å². The Balaban J connectivity index is 2.41. The summed E-state index contributed by atoms with van der Waals surface area (Å²) in [5.74, 6) is 0. The van der Waals surface area contributed by atoms with Crippen LogP contribution in [-0.2, 0) is 6.42 Å². The number of nitrogens with one attached hydrogen (secondary N) is 1. The number of hydrogen-bond acceptors (Lipinski definition) is 2. The molecule has 0 bridgehead atoms. The molecular weight excluding hydrogens is 147 g/mol. The molecule has 0 heterocycles. The molecule has 1 aromatic rings. The minimum atomic E-state index is 0.0948. The average Bonchev–Trinajstić information content (AvgIpc) is 2.06. The first-order valence-corrected chi connectivity index (χ1v) is 4.06. The molecule has 0 aliphatic rings. The highest BCUT2D eigenvalue weighted by molar-refractivity contribution is 6.04.